The zero-order valence-electron chi connectivity index (χ0n) is 15.2. The zero-order valence-corrected chi connectivity index (χ0v) is 16.8. The van der Waals surface area contributed by atoms with Crippen molar-refractivity contribution in [2.75, 3.05) is 5.73 Å². The van der Waals surface area contributed by atoms with Crippen LogP contribution in [-0.4, -0.2) is 35.6 Å². The molecule has 0 saturated carbocycles. The molecule has 0 bridgehead atoms. The molecule has 0 aliphatic heterocycles. The molecule has 0 amide bonds. The minimum absolute atomic E-state index is 0.0771. The Balaban J connectivity index is 2.73. The maximum atomic E-state index is 12.6. The molecule has 0 atom stereocenters. The predicted molar refractivity (Wildman–Crippen MR) is 103 cm³/mol. The highest BCUT2D eigenvalue weighted by Crippen LogP contribution is 2.30. The number of anilines is 1. The molecule has 0 unspecified atom stereocenters. The van der Waals surface area contributed by atoms with Crippen LogP contribution in [0.3, 0.4) is 0 Å². The molecule has 30 heavy (non-hydrogen) atoms. The second kappa shape index (κ2) is 8.20. The van der Waals surface area contributed by atoms with E-state index >= 15 is 0 Å². The fourth-order valence-electron chi connectivity index (χ4n) is 2.52. The first-order valence-electron chi connectivity index (χ1n) is 7.92. The summed E-state index contributed by atoms with van der Waals surface area (Å²) in [6.07, 6.45) is 0. The summed E-state index contributed by atoms with van der Waals surface area (Å²) in [4.78, 5) is 12.0. The lowest BCUT2D eigenvalue weighted by Gasteiger charge is -2.12. The van der Waals surface area contributed by atoms with Gasteiger partial charge in [-0.3, -0.25) is 18.5 Å². The van der Waals surface area contributed by atoms with Crippen molar-refractivity contribution in [3.8, 4) is 11.9 Å². The summed E-state index contributed by atoms with van der Waals surface area (Å²) in [7, 11) is -9.31. The van der Waals surface area contributed by atoms with Crippen LogP contribution in [0.2, 0.25) is 0 Å². The number of rotatable bonds is 6. The summed E-state index contributed by atoms with van der Waals surface area (Å²) in [5, 5.41) is 26.7. The molecular weight excluding hydrogens is 442 g/mol. The minimum Gasteiger partial charge on any atom is -0.493 e. The molecule has 0 radical (unpaired) electrons. The van der Waals surface area contributed by atoms with Gasteiger partial charge in [0, 0.05) is 12.1 Å². The summed E-state index contributed by atoms with van der Waals surface area (Å²) in [5.74, 6) is -1.99. The Bertz CT molecular complexity index is 1350. The van der Waals surface area contributed by atoms with Gasteiger partial charge < -0.3 is 10.8 Å². The molecule has 1 aromatic carbocycles. The normalized spacial score (nSPS) is 12.2. The number of aromatic nitrogens is 1. The molecule has 0 aliphatic rings. The van der Waals surface area contributed by atoms with E-state index in [0.29, 0.717) is 0 Å². The fourth-order valence-corrected chi connectivity index (χ4v) is 3.76. The van der Waals surface area contributed by atoms with Crippen LogP contribution in [0.15, 0.2) is 38.1 Å². The van der Waals surface area contributed by atoms with E-state index in [1.807, 2.05) is 0 Å². The summed E-state index contributed by atoms with van der Waals surface area (Å²) in [6.45, 7) is 1.38. The van der Waals surface area contributed by atoms with Gasteiger partial charge in [-0.2, -0.15) is 27.2 Å². The third kappa shape index (κ3) is 4.80. The predicted octanol–water partition coefficient (Wildman–Crippen LogP) is 1.08. The van der Waals surface area contributed by atoms with Crippen LogP contribution in [0, 0.1) is 11.3 Å². The van der Waals surface area contributed by atoms with Gasteiger partial charge in [0.2, 0.25) is 5.88 Å². The lowest BCUT2D eigenvalue weighted by molar-refractivity contribution is 0.409. The van der Waals surface area contributed by atoms with Gasteiger partial charge in [-0.25, -0.2) is 0 Å². The van der Waals surface area contributed by atoms with E-state index in [0.717, 1.165) is 22.8 Å². The van der Waals surface area contributed by atoms with Crippen molar-refractivity contribution in [1.82, 2.24) is 4.57 Å². The molecule has 1 aromatic heterocycles. The summed E-state index contributed by atoms with van der Waals surface area (Å²) >= 11 is 0. The number of aromatic hydroxyl groups is 1. The second-order valence-corrected chi connectivity index (χ2v) is 8.65. The van der Waals surface area contributed by atoms with Gasteiger partial charge in [-0.05, 0) is 25.1 Å². The van der Waals surface area contributed by atoms with E-state index in [9.17, 15) is 32.0 Å². The lowest BCUT2D eigenvalue weighted by atomic mass is 10.1. The van der Waals surface area contributed by atoms with E-state index in [1.165, 1.54) is 6.92 Å². The number of nitrogen functional groups attached to an aromatic ring is 1. The number of pyridine rings is 1. The van der Waals surface area contributed by atoms with Crippen LogP contribution in [-0.2, 0) is 32.5 Å². The molecule has 2 rings (SSSR count). The van der Waals surface area contributed by atoms with Crippen molar-refractivity contribution in [3.05, 3.63) is 39.7 Å². The smallest absolute Gasteiger partial charge is 0.296 e. The molecule has 5 N–H and O–H groups in total. The molecule has 0 spiro atoms. The van der Waals surface area contributed by atoms with Crippen molar-refractivity contribution in [1.29, 1.82) is 5.26 Å². The molecule has 1 heterocycles. The highest BCUT2D eigenvalue weighted by Gasteiger charge is 2.25. The van der Waals surface area contributed by atoms with Crippen molar-refractivity contribution >= 4 is 37.3 Å². The van der Waals surface area contributed by atoms with Gasteiger partial charge in [0.25, 0.3) is 25.8 Å². The van der Waals surface area contributed by atoms with Crippen molar-refractivity contribution in [2.45, 2.75) is 24.1 Å². The van der Waals surface area contributed by atoms with Gasteiger partial charge in [0.1, 0.15) is 22.3 Å². The molecule has 15 heteroatoms. The number of nitrogens with two attached hydrogens (primary N) is 1. The lowest BCUT2D eigenvalue weighted by Crippen LogP contribution is -2.22. The first-order chi connectivity index (χ1) is 13.8. The Labute approximate surface area is 170 Å². The highest BCUT2D eigenvalue weighted by atomic mass is 32.2. The van der Waals surface area contributed by atoms with Gasteiger partial charge in [0.05, 0.1) is 11.4 Å². The van der Waals surface area contributed by atoms with Crippen LogP contribution in [0.5, 0.6) is 5.88 Å². The summed E-state index contributed by atoms with van der Waals surface area (Å²) < 4.78 is 64.0. The van der Waals surface area contributed by atoms with E-state index < -0.39 is 59.1 Å². The number of nitriles is 1. The first kappa shape index (κ1) is 23.0. The minimum atomic E-state index is -4.72. The first-order valence-corrected chi connectivity index (χ1v) is 11.0. The Kier molecular flexibility index (Phi) is 6.28. The van der Waals surface area contributed by atoms with E-state index in [-0.39, 0.29) is 17.9 Å². The van der Waals surface area contributed by atoms with Crippen molar-refractivity contribution in [3.63, 3.8) is 0 Å². The van der Waals surface area contributed by atoms with Crippen LogP contribution in [0.25, 0.3) is 0 Å². The van der Waals surface area contributed by atoms with Crippen molar-refractivity contribution in [2.24, 2.45) is 10.2 Å². The van der Waals surface area contributed by atoms with E-state index in [4.69, 9.17) is 14.8 Å². The van der Waals surface area contributed by atoms with Crippen molar-refractivity contribution < 1.29 is 31.0 Å². The van der Waals surface area contributed by atoms with Crippen LogP contribution in [0.1, 0.15) is 18.1 Å². The Morgan fingerprint density at radius 1 is 1.20 bits per heavy atom. The number of hydrogen-bond acceptors (Lipinski definition) is 10. The van der Waals surface area contributed by atoms with Crippen LogP contribution < -0.4 is 11.3 Å². The molecule has 160 valence electrons. The topological polar surface area (TPSA) is 226 Å². The SMILES string of the molecule is CCn1c(O)c(C#N)c(CS(=O)(=O)O)c(N=Nc2ccc(S(=O)(=O)O)c(N)c2)c1=O. The Morgan fingerprint density at radius 2 is 1.83 bits per heavy atom. The number of benzene rings is 1. The standard InChI is InChI=1S/C15H15N5O8S2/c1-2-20-14(21)9(6-16)10(7-29(23,24)25)13(15(20)22)19-18-8-3-4-12(11(17)5-8)30(26,27)28/h3-5,21H,2,7,17H2,1H3,(H,23,24,25)(H,26,27,28). The van der Waals surface area contributed by atoms with Gasteiger partial charge in [-0.15, -0.1) is 5.11 Å². The summed E-state index contributed by atoms with van der Waals surface area (Å²) in [5.41, 5.74) is 2.30. The number of nitrogens with zero attached hydrogens (tertiary/aromatic N) is 4. The van der Waals surface area contributed by atoms with Crippen LogP contribution >= 0.6 is 0 Å². The third-order valence-electron chi connectivity index (χ3n) is 3.81. The van der Waals surface area contributed by atoms with Gasteiger partial charge in [0.15, 0.2) is 5.69 Å². The average molecular weight is 457 g/mol. The molecule has 0 saturated heterocycles. The highest BCUT2D eigenvalue weighted by molar-refractivity contribution is 7.86. The quantitative estimate of drug-likeness (QED) is 0.274. The molecule has 0 fully saturated rings. The van der Waals surface area contributed by atoms with E-state index in [2.05, 4.69) is 10.2 Å². The monoisotopic (exact) mass is 457 g/mol. The third-order valence-corrected chi connectivity index (χ3v) is 5.39. The average Bonchev–Trinajstić information content (AvgIpc) is 2.59. The van der Waals surface area contributed by atoms with Gasteiger partial charge in [-0.1, -0.05) is 0 Å². The molecule has 2 aromatic rings. The maximum absolute atomic E-state index is 12.6. The molecule has 0 aliphatic carbocycles. The fraction of sp³-hybridized carbons (Fsp3) is 0.200. The number of azo groups is 1. The molecular formula is C15H15N5O8S2. The largest absolute Gasteiger partial charge is 0.493 e. The molecule has 13 nitrogen and oxygen atoms in total. The summed E-state index contributed by atoms with van der Waals surface area (Å²) in [6, 6.07) is 4.59. The Hall–Kier alpha value is -3.32. The maximum Gasteiger partial charge on any atom is 0.296 e. The number of hydrogen-bond donors (Lipinski definition) is 4. The van der Waals surface area contributed by atoms with Gasteiger partial charge >= 0.3 is 0 Å². The van der Waals surface area contributed by atoms with Crippen LogP contribution in [0.4, 0.5) is 17.1 Å². The second-order valence-electron chi connectivity index (χ2n) is 5.81. The zero-order chi connectivity index (χ0) is 22.9. The van der Waals surface area contributed by atoms with E-state index in [1.54, 1.807) is 6.07 Å². The Morgan fingerprint density at radius 3 is 2.30 bits per heavy atom.